The minimum atomic E-state index is 0.698. The maximum Gasteiger partial charge on any atom is 0.0991 e. The molecule has 1 heterocycles. The van der Waals surface area contributed by atoms with E-state index < -0.39 is 0 Å². The standard InChI is InChI=1S/C16H19N3/c1-3-10-19(2)12-16-15(8-9-18-16)14-6-4-13(11-17)5-7-14/h4-9,18H,3,10,12H2,1-2H3. The van der Waals surface area contributed by atoms with Crippen LogP contribution in [0.15, 0.2) is 36.5 Å². The van der Waals surface area contributed by atoms with Crippen LogP contribution in [0.5, 0.6) is 0 Å². The zero-order valence-electron chi connectivity index (χ0n) is 11.5. The van der Waals surface area contributed by atoms with Crippen LogP contribution in [0.25, 0.3) is 11.1 Å². The van der Waals surface area contributed by atoms with Gasteiger partial charge in [0, 0.05) is 24.0 Å². The van der Waals surface area contributed by atoms with E-state index in [0.717, 1.165) is 25.1 Å². The molecule has 0 unspecified atom stereocenters. The Bertz CT molecular complexity index is 560. The summed E-state index contributed by atoms with van der Waals surface area (Å²) in [5.41, 5.74) is 4.29. The minimum Gasteiger partial charge on any atom is -0.363 e. The van der Waals surface area contributed by atoms with Crippen molar-refractivity contribution in [2.45, 2.75) is 19.9 Å². The third kappa shape index (κ3) is 3.24. The molecule has 2 rings (SSSR count). The monoisotopic (exact) mass is 253 g/mol. The molecule has 0 spiro atoms. The van der Waals surface area contributed by atoms with Gasteiger partial charge in [0.05, 0.1) is 11.6 Å². The van der Waals surface area contributed by atoms with Gasteiger partial charge in [0.15, 0.2) is 0 Å². The van der Waals surface area contributed by atoms with E-state index in [2.05, 4.69) is 36.0 Å². The van der Waals surface area contributed by atoms with Crippen LogP contribution in [0.3, 0.4) is 0 Å². The van der Waals surface area contributed by atoms with Gasteiger partial charge in [0.25, 0.3) is 0 Å². The van der Waals surface area contributed by atoms with Crippen LogP contribution in [0.1, 0.15) is 24.6 Å². The van der Waals surface area contributed by atoms with Crippen molar-refractivity contribution in [3.05, 3.63) is 47.8 Å². The summed E-state index contributed by atoms with van der Waals surface area (Å²) in [6, 6.07) is 12.0. The van der Waals surface area contributed by atoms with Crippen molar-refractivity contribution < 1.29 is 0 Å². The first kappa shape index (κ1) is 13.4. The summed E-state index contributed by atoms with van der Waals surface area (Å²) < 4.78 is 0. The van der Waals surface area contributed by atoms with Crippen molar-refractivity contribution in [3.63, 3.8) is 0 Å². The predicted octanol–water partition coefficient (Wildman–Crippen LogP) is 3.40. The molecule has 0 atom stereocenters. The van der Waals surface area contributed by atoms with Gasteiger partial charge in [-0.3, -0.25) is 0 Å². The molecule has 19 heavy (non-hydrogen) atoms. The van der Waals surface area contributed by atoms with Crippen LogP contribution in [-0.4, -0.2) is 23.5 Å². The highest BCUT2D eigenvalue weighted by Crippen LogP contribution is 2.24. The van der Waals surface area contributed by atoms with Gasteiger partial charge in [0.2, 0.25) is 0 Å². The Balaban J connectivity index is 2.21. The highest BCUT2D eigenvalue weighted by atomic mass is 15.1. The molecule has 0 aliphatic rings. The second-order valence-electron chi connectivity index (χ2n) is 4.80. The van der Waals surface area contributed by atoms with E-state index in [-0.39, 0.29) is 0 Å². The van der Waals surface area contributed by atoms with Gasteiger partial charge in [0.1, 0.15) is 0 Å². The fourth-order valence-electron chi connectivity index (χ4n) is 2.26. The Morgan fingerprint density at radius 2 is 1.95 bits per heavy atom. The lowest BCUT2D eigenvalue weighted by Crippen LogP contribution is -2.19. The normalized spacial score (nSPS) is 10.6. The zero-order valence-corrected chi connectivity index (χ0v) is 11.5. The lowest BCUT2D eigenvalue weighted by Gasteiger charge is -2.15. The first-order valence-electron chi connectivity index (χ1n) is 6.60. The summed E-state index contributed by atoms with van der Waals surface area (Å²) in [7, 11) is 2.13. The molecule has 0 saturated heterocycles. The molecule has 0 fully saturated rings. The number of nitriles is 1. The lowest BCUT2D eigenvalue weighted by molar-refractivity contribution is 0.324. The van der Waals surface area contributed by atoms with Crippen molar-refractivity contribution in [2.24, 2.45) is 0 Å². The number of benzene rings is 1. The fourth-order valence-corrected chi connectivity index (χ4v) is 2.26. The summed E-state index contributed by atoms with van der Waals surface area (Å²) in [5.74, 6) is 0. The number of hydrogen-bond donors (Lipinski definition) is 1. The molecular weight excluding hydrogens is 234 g/mol. The second kappa shape index (κ2) is 6.21. The molecule has 98 valence electrons. The van der Waals surface area contributed by atoms with Crippen LogP contribution in [0.2, 0.25) is 0 Å². The molecule has 0 bridgehead atoms. The third-order valence-corrected chi connectivity index (χ3v) is 3.19. The molecule has 3 heteroatoms. The Morgan fingerprint density at radius 3 is 2.58 bits per heavy atom. The number of H-pyrrole nitrogens is 1. The second-order valence-corrected chi connectivity index (χ2v) is 4.80. The molecule has 2 aromatic rings. The topological polar surface area (TPSA) is 42.8 Å². The lowest BCUT2D eigenvalue weighted by atomic mass is 10.0. The Hall–Kier alpha value is -2.05. The van der Waals surface area contributed by atoms with Gasteiger partial charge in [-0.2, -0.15) is 5.26 Å². The van der Waals surface area contributed by atoms with Gasteiger partial charge in [-0.15, -0.1) is 0 Å². The molecule has 0 saturated carbocycles. The Labute approximate surface area is 114 Å². The van der Waals surface area contributed by atoms with Crippen LogP contribution in [-0.2, 0) is 6.54 Å². The summed E-state index contributed by atoms with van der Waals surface area (Å²) in [5, 5.41) is 8.83. The van der Waals surface area contributed by atoms with Crippen LogP contribution in [0, 0.1) is 11.3 Å². The van der Waals surface area contributed by atoms with Crippen molar-refractivity contribution in [1.29, 1.82) is 5.26 Å². The molecule has 0 aliphatic heterocycles. The number of nitrogens with one attached hydrogen (secondary N) is 1. The smallest absolute Gasteiger partial charge is 0.0991 e. The van der Waals surface area contributed by atoms with Crippen molar-refractivity contribution >= 4 is 0 Å². The summed E-state index contributed by atoms with van der Waals surface area (Å²) in [6.45, 7) is 4.19. The van der Waals surface area contributed by atoms with Crippen molar-refractivity contribution in [2.75, 3.05) is 13.6 Å². The predicted molar refractivity (Wildman–Crippen MR) is 77.6 cm³/mol. The summed E-state index contributed by atoms with van der Waals surface area (Å²) >= 11 is 0. The number of rotatable bonds is 5. The van der Waals surface area contributed by atoms with Gasteiger partial charge >= 0.3 is 0 Å². The quantitative estimate of drug-likeness (QED) is 0.887. The highest BCUT2D eigenvalue weighted by molar-refractivity contribution is 5.66. The highest BCUT2D eigenvalue weighted by Gasteiger charge is 2.08. The Kier molecular flexibility index (Phi) is 4.38. The number of aromatic amines is 1. The van der Waals surface area contributed by atoms with Crippen molar-refractivity contribution in [1.82, 2.24) is 9.88 Å². The molecule has 0 radical (unpaired) electrons. The summed E-state index contributed by atoms with van der Waals surface area (Å²) in [4.78, 5) is 5.62. The Morgan fingerprint density at radius 1 is 1.21 bits per heavy atom. The zero-order chi connectivity index (χ0) is 13.7. The third-order valence-electron chi connectivity index (χ3n) is 3.19. The van der Waals surface area contributed by atoms with Gasteiger partial charge in [-0.1, -0.05) is 19.1 Å². The molecule has 0 aliphatic carbocycles. The van der Waals surface area contributed by atoms with E-state index in [1.54, 1.807) is 0 Å². The summed E-state index contributed by atoms with van der Waals surface area (Å²) in [6.07, 6.45) is 3.13. The maximum atomic E-state index is 8.83. The molecule has 0 amide bonds. The van der Waals surface area contributed by atoms with Gasteiger partial charge < -0.3 is 9.88 Å². The molecule has 3 nitrogen and oxygen atoms in total. The first-order chi connectivity index (χ1) is 9.24. The van der Waals surface area contributed by atoms with E-state index in [1.165, 1.54) is 11.3 Å². The molecule has 1 aromatic carbocycles. The van der Waals surface area contributed by atoms with Gasteiger partial charge in [-0.25, -0.2) is 0 Å². The van der Waals surface area contributed by atoms with E-state index in [9.17, 15) is 0 Å². The van der Waals surface area contributed by atoms with E-state index in [0.29, 0.717) is 5.56 Å². The average molecular weight is 253 g/mol. The van der Waals surface area contributed by atoms with E-state index in [1.807, 2.05) is 30.5 Å². The number of nitrogens with zero attached hydrogens (tertiary/aromatic N) is 2. The minimum absolute atomic E-state index is 0.698. The molecule has 1 N–H and O–H groups in total. The SMILES string of the molecule is CCCN(C)Cc1[nH]ccc1-c1ccc(C#N)cc1. The number of hydrogen-bond acceptors (Lipinski definition) is 2. The van der Waals surface area contributed by atoms with E-state index >= 15 is 0 Å². The maximum absolute atomic E-state index is 8.83. The molecule has 1 aromatic heterocycles. The van der Waals surface area contributed by atoms with Gasteiger partial charge in [-0.05, 0) is 43.8 Å². The average Bonchev–Trinajstić information content (AvgIpc) is 2.87. The fraction of sp³-hybridized carbons (Fsp3) is 0.312. The van der Waals surface area contributed by atoms with Crippen LogP contribution < -0.4 is 0 Å². The number of aromatic nitrogens is 1. The van der Waals surface area contributed by atoms with E-state index in [4.69, 9.17) is 5.26 Å². The largest absolute Gasteiger partial charge is 0.363 e. The van der Waals surface area contributed by atoms with Crippen molar-refractivity contribution in [3.8, 4) is 17.2 Å². The molecular formula is C16H19N3. The first-order valence-corrected chi connectivity index (χ1v) is 6.60. The van der Waals surface area contributed by atoms with Crippen LogP contribution in [0.4, 0.5) is 0 Å². The van der Waals surface area contributed by atoms with Crippen LogP contribution >= 0.6 is 0 Å².